The maximum Gasteiger partial charge on any atom is 0.227 e. The van der Waals surface area contributed by atoms with Crippen LogP contribution in [0.3, 0.4) is 0 Å². The molecular weight excluding hydrogens is 487 g/mol. The fourth-order valence-electron chi connectivity index (χ4n) is 2.83. The molecule has 0 fully saturated rings. The number of hydrogen-bond donors (Lipinski definition) is 0. The van der Waals surface area contributed by atoms with Crippen LogP contribution in [0.5, 0.6) is 5.75 Å². The molecule has 0 radical (unpaired) electrons. The number of allylic oxidation sites excluding steroid dienone is 1. The number of oxazole rings is 1. The summed E-state index contributed by atoms with van der Waals surface area (Å²) in [4.78, 5) is 9.04. The molecule has 0 aliphatic rings. The first-order valence-electron chi connectivity index (χ1n) is 8.94. The maximum absolute atomic E-state index is 6.16. The number of rotatable bonds is 5. The van der Waals surface area contributed by atoms with Crippen LogP contribution >= 0.6 is 39.1 Å². The minimum absolute atomic E-state index is 0.534. The number of hydrogen-bond acceptors (Lipinski definition) is 4. The topological polar surface area (TPSA) is 47.6 Å². The van der Waals surface area contributed by atoms with E-state index in [2.05, 4.69) is 25.9 Å². The molecule has 0 bridgehead atoms. The molecule has 150 valence electrons. The highest BCUT2D eigenvalue weighted by molar-refractivity contribution is 9.10. The van der Waals surface area contributed by atoms with Crippen molar-refractivity contribution in [3.05, 3.63) is 80.8 Å². The highest BCUT2D eigenvalue weighted by Gasteiger charge is 2.11. The summed E-state index contributed by atoms with van der Waals surface area (Å²) < 4.78 is 12.0. The Hall–Kier alpha value is -2.60. The van der Waals surface area contributed by atoms with E-state index < -0.39 is 0 Å². The molecule has 4 nitrogen and oxygen atoms in total. The summed E-state index contributed by atoms with van der Waals surface area (Å²) in [6.45, 7) is 0. The van der Waals surface area contributed by atoms with Crippen molar-refractivity contribution in [1.82, 2.24) is 4.98 Å². The lowest BCUT2D eigenvalue weighted by Gasteiger charge is -2.03. The summed E-state index contributed by atoms with van der Waals surface area (Å²) >= 11 is 15.6. The molecule has 0 unspecified atom stereocenters. The number of aromatic nitrogens is 1. The summed E-state index contributed by atoms with van der Waals surface area (Å²) in [7, 11) is 1.63. The Kier molecular flexibility index (Phi) is 6.23. The Bertz CT molecular complexity index is 1280. The number of aliphatic imine (C=N–C) groups is 1. The average Bonchev–Trinajstić information content (AvgIpc) is 3.16. The number of halogens is 3. The van der Waals surface area contributed by atoms with Crippen molar-refractivity contribution in [2.45, 2.75) is 0 Å². The highest BCUT2D eigenvalue weighted by Crippen LogP contribution is 2.32. The van der Waals surface area contributed by atoms with Crippen LogP contribution in [0.2, 0.25) is 10.0 Å². The first kappa shape index (κ1) is 20.7. The van der Waals surface area contributed by atoms with Gasteiger partial charge in [0.05, 0.1) is 17.3 Å². The fraction of sp³-hybridized carbons (Fsp3) is 0.0435. The molecular formula is C23H15BrCl2N2O2. The molecule has 0 saturated heterocycles. The Morgan fingerprint density at radius 3 is 2.70 bits per heavy atom. The second kappa shape index (κ2) is 9.04. The molecule has 0 atom stereocenters. The molecule has 0 aliphatic heterocycles. The number of nitrogens with zero attached hydrogens (tertiary/aromatic N) is 2. The van der Waals surface area contributed by atoms with Gasteiger partial charge in [0.2, 0.25) is 5.89 Å². The van der Waals surface area contributed by atoms with E-state index in [1.54, 1.807) is 25.5 Å². The van der Waals surface area contributed by atoms with E-state index in [1.165, 1.54) is 0 Å². The van der Waals surface area contributed by atoms with Crippen molar-refractivity contribution in [3.63, 3.8) is 0 Å². The van der Waals surface area contributed by atoms with Gasteiger partial charge in [-0.1, -0.05) is 35.3 Å². The predicted molar refractivity (Wildman–Crippen MR) is 127 cm³/mol. The monoisotopic (exact) mass is 500 g/mol. The van der Waals surface area contributed by atoms with Gasteiger partial charge in [-0.25, -0.2) is 4.98 Å². The van der Waals surface area contributed by atoms with E-state index in [0.717, 1.165) is 32.6 Å². The molecule has 7 heteroatoms. The van der Waals surface area contributed by atoms with Crippen LogP contribution < -0.4 is 4.74 Å². The summed E-state index contributed by atoms with van der Waals surface area (Å²) in [6.07, 6.45) is 5.40. The second-order valence-electron chi connectivity index (χ2n) is 6.32. The second-order valence-corrected chi connectivity index (χ2v) is 8.02. The summed E-state index contributed by atoms with van der Waals surface area (Å²) in [5.41, 5.74) is 3.92. The minimum Gasteiger partial charge on any atom is -0.496 e. The molecule has 0 N–H and O–H groups in total. The van der Waals surface area contributed by atoms with E-state index in [0.29, 0.717) is 21.5 Å². The van der Waals surface area contributed by atoms with Crippen LogP contribution in [-0.4, -0.2) is 18.3 Å². The van der Waals surface area contributed by atoms with Gasteiger partial charge in [0.1, 0.15) is 11.3 Å². The zero-order valence-electron chi connectivity index (χ0n) is 15.8. The van der Waals surface area contributed by atoms with Gasteiger partial charge in [-0.15, -0.1) is 0 Å². The van der Waals surface area contributed by atoms with Gasteiger partial charge in [0.25, 0.3) is 0 Å². The Labute approximate surface area is 191 Å². The largest absolute Gasteiger partial charge is 0.496 e. The van der Waals surface area contributed by atoms with Crippen LogP contribution in [0.1, 0.15) is 5.56 Å². The lowest BCUT2D eigenvalue weighted by Crippen LogP contribution is -1.85. The normalized spacial score (nSPS) is 11.7. The minimum atomic E-state index is 0.534. The van der Waals surface area contributed by atoms with E-state index in [4.69, 9.17) is 32.4 Å². The molecule has 1 heterocycles. The van der Waals surface area contributed by atoms with Gasteiger partial charge in [-0.05, 0) is 76.1 Å². The van der Waals surface area contributed by atoms with Crippen molar-refractivity contribution in [3.8, 4) is 17.2 Å². The first-order valence-corrected chi connectivity index (χ1v) is 10.5. The third-order valence-corrected chi connectivity index (χ3v) is 5.50. The number of fused-ring (bicyclic) bond motifs is 1. The molecule has 0 saturated carbocycles. The SMILES string of the molecule is COc1ccc(-c2nc3cc(N=C/C=C/c4ccc(Cl)cc4Cl)ccc3o2)cc1Br. The summed E-state index contributed by atoms with van der Waals surface area (Å²) in [5, 5.41) is 1.20. The highest BCUT2D eigenvalue weighted by atomic mass is 79.9. The number of benzene rings is 3. The van der Waals surface area contributed by atoms with Crippen LogP contribution in [0.4, 0.5) is 5.69 Å². The van der Waals surface area contributed by atoms with Crippen LogP contribution in [0.25, 0.3) is 28.6 Å². The summed E-state index contributed by atoms with van der Waals surface area (Å²) in [5.74, 6) is 1.28. The molecule has 0 aliphatic carbocycles. The Morgan fingerprint density at radius 1 is 1.07 bits per heavy atom. The summed E-state index contributed by atoms with van der Waals surface area (Å²) in [6, 6.07) is 16.6. The third-order valence-electron chi connectivity index (χ3n) is 4.32. The van der Waals surface area contributed by atoms with Gasteiger partial charge >= 0.3 is 0 Å². The fourth-order valence-corrected chi connectivity index (χ4v) is 3.84. The Morgan fingerprint density at radius 2 is 1.93 bits per heavy atom. The number of methoxy groups -OCH3 is 1. The van der Waals surface area contributed by atoms with E-state index in [-0.39, 0.29) is 0 Å². The van der Waals surface area contributed by atoms with Gasteiger partial charge in [0, 0.05) is 21.8 Å². The molecule has 1 aromatic heterocycles. The van der Waals surface area contributed by atoms with E-state index >= 15 is 0 Å². The third kappa shape index (κ3) is 4.59. The smallest absolute Gasteiger partial charge is 0.227 e. The Balaban J connectivity index is 1.54. The van der Waals surface area contributed by atoms with Crippen LogP contribution in [0.15, 0.2) is 74.6 Å². The van der Waals surface area contributed by atoms with Gasteiger partial charge in [-0.2, -0.15) is 0 Å². The average molecular weight is 502 g/mol. The zero-order valence-corrected chi connectivity index (χ0v) is 18.9. The van der Waals surface area contributed by atoms with Crippen molar-refractivity contribution in [2.24, 2.45) is 4.99 Å². The van der Waals surface area contributed by atoms with Crippen molar-refractivity contribution in [1.29, 1.82) is 0 Å². The predicted octanol–water partition coefficient (Wildman–Crippen LogP) is 7.99. The maximum atomic E-state index is 6.16. The standard InChI is InChI=1S/C23H15BrCl2N2O2/c1-29-21-8-5-15(11-18(21)24)23-28-20-13-17(7-9-22(20)30-23)27-10-2-3-14-4-6-16(25)12-19(14)26/h2-13H,1H3/b3-2+,27-10?. The van der Waals surface area contributed by atoms with Gasteiger partial charge in [-0.3, -0.25) is 4.99 Å². The van der Waals surface area contributed by atoms with Crippen molar-refractivity contribution >= 4 is 68.2 Å². The zero-order chi connectivity index (χ0) is 21.1. The first-order chi connectivity index (χ1) is 14.5. The molecule has 0 amide bonds. The lowest BCUT2D eigenvalue weighted by molar-refractivity contribution is 0.412. The van der Waals surface area contributed by atoms with E-state index in [1.807, 2.05) is 54.6 Å². The molecule has 30 heavy (non-hydrogen) atoms. The van der Waals surface area contributed by atoms with Crippen molar-refractivity contribution in [2.75, 3.05) is 7.11 Å². The molecule has 0 spiro atoms. The van der Waals surface area contributed by atoms with Crippen LogP contribution in [0, 0.1) is 0 Å². The molecule has 3 aromatic carbocycles. The van der Waals surface area contributed by atoms with Crippen molar-refractivity contribution < 1.29 is 9.15 Å². The van der Waals surface area contributed by atoms with Gasteiger partial charge in [0.15, 0.2) is 5.58 Å². The lowest BCUT2D eigenvalue weighted by atomic mass is 10.2. The quantitative estimate of drug-likeness (QED) is 0.260. The molecule has 4 rings (SSSR count). The van der Waals surface area contributed by atoms with Gasteiger partial charge < -0.3 is 9.15 Å². The molecule has 4 aromatic rings. The number of ether oxygens (including phenoxy) is 1. The van der Waals surface area contributed by atoms with E-state index in [9.17, 15) is 0 Å². The van der Waals surface area contributed by atoms with Crippen LogP contribution in [-0.2, 0) is 0 Å².